The van der Waals surface area contributed by atoms with Crippen LogP contribution in [0.1, 0.15) is 52.9 Å². The van der Waals surface area contributed by atoms with Gasteiger partial charge < -0.3 is 0 Å². The van der Waals surface area contributed by atoms with Gasteiger partial charge in [-0.25, -0.2) is 5.32 Å². The highest BCUT2D eigenvalue weighted by Crippen LogP contribution is 1.96. The van der Waals surface area contributed by atoms with E-state index in [1.54, 1.807) is 0 Å². The topological polar surface area (TPSA) is 14.1 Å². The summed E-state index contributed by atoms with van der Waals surface area (Å²) < 4.78 is 0. The Morgan fingerprint density at radius 2 is 1.92 bits per heavy atom. The van der Waals surface area contributed by atoms with Crippen LogP contribution in [0, 0.1) is 0 Å². The van der Waals surface area contributed by atoms with Crippen molar-refractivity contribution in [1.29, 1.82) is 0 Å². The minimum atomic E-state index is 0.420. The summed E-state index contributed by atoms with van der Waals surface area (Å²) in [6, 6.07) is 0.420. The number of hydrogen-bond donors (Lipinski definition) is 0. The molecule has 0 saturated heterocycles. The van der Waals surface area contributed by atoms with Crippen molar-refractivity contribution in [3.8, 4) is 0 Å². The summed E-state index contributed by atoms with van der Waals surface area (Å²) in [4.78, 5) is 0. The Morgan fingerprint density at radius 3 is 2.54 bits per heavy atom. The van der Waals surface area contributed by atoms with Gasteiger partial charge in [-0.05, 0) is 19.8 Å². The maximum absolute atomic E-state index is 4.55. The quantitative estimate of drug-likeness (QED) is 0.403. The molecule has 0 N–H and O–H groups in total. The summed E-state index contributed by atoms with van der Waals surface area (Å²) in [7, 11) is 0. The van der Waals surface area contributed by atoms with Crippen LogP contribution in [0.2, 0.25) is 0 Å². The lowest BCUT2D eigenvalue weighted by Gasteiger charge is -2.05. The molecule has 0 bridgehead atoms. The zero-order chi connectivity index (χ0) is 9.94. The zero-order valence-electron chi connectivity index (χ0n) is 9.42. The molecule has 0 fully saturated rings. The average Bonchev–Trinajstić information content (AvgIpc) is 2.13. The molecule has 0 spiro atoms. The van der Waals surface area contributed by atoms with Gasteiger partial charge in [0.15, 0.2) is 0 Å². The first-order valence-corrected chi connectivity index (χ1v) is 5.64. The van der Waals surface area contributed by atoms with E-state index in [0.717, 1.165) is 6.54 Å². The van der Waals surface area contributed by atoms with Gasteiger partial charge in [-0.1, -0.05) is 45.3 Å². The van der Waals surface area contributed by atoms with Gasteiger partial charge in [0.1, 0.15) is 0 Å². The molecule has 1 atom stereocenters. The van der Waals surface area contributed by atoms with Crippen LogP contribution in [0.5, 0.6) is 0 Å². The van der Waals surface area contributed by atoms with E-state index >= 15 is 0 Å². The molecular weight excluding hydrogens is 158 g/mol. The molecule has 0 aromatic carbocycles. The summed E-state index contributed by atoms with van der Waals surface area (Å²) in [5.41, 5.74) is 0. The second-order valence-corrected chi connectivity index (χ2v) is 3.57. The third-order valence-electron chi connectivity index (χ3n) is 2.05. The van der Waals surface area contributed by atoms with Gasteiger partial charge in [0, 0.05) is 12.6 Å². The molecule has 0 rings (SSSR count). The van der Waals surface area contributed by atoms with E-state index in [2.05, 4.69) is 38.2 Å². The Bertz CT molecular complexity index is 118. The molecule has 0 saturated carbocycles. The van der Waals surface area contributed by atoms with E-state index in [9.17, 15) is 0 Å². The van der Waals surface area contributed by atoms with E-state index in [-0.39, 0.29) is 0 Å². The average molecular weight is 182 g/mol. The van der Waals surface area contributed by atoms with Crippen LogP contribution in [-0.2, 0) is 0 Å². The molecule has 1 heteroatoms. The van der Waals surface area contributed by atoms with Crippen LogP contribution < -0.4 is 5.32 Å². The molecular formula is C12H24N. The van der Waals surface area contributed by atoms with Crippen LogP contribution in [-0.4, -0.2) is 12.6 Å². The van der Waals surface area contributed by atoms with Gasteiger partial charge >= 0.3 is 0 Å². The van der Waals surface area contributed by atoms with Crippen LogP contribution in [0.3, 0.4) is 0 Å². The van der Waals surface area contributed by atoms with Gasteiger partial charge in [-0.3, -0.25) is 0 Å². The van der Waals surface area contributed by atoms with Crippen molar-refractivity contribution in [2.24, 2.45) is 0 Å². The first-order valence-electron chi connectivity index (χ1n) is 5.64. The van der Waals surface area contributed by atoms with Crippen LogP contribution in [0.25, 0.3) is 0 Å². The number of nitrogens with zero attached hydrogens (tertiary/aromatic N) is 1. The lowest BCUT2D eigenvalue weighted by atomic mass is 10.2. The molecule has 0 aromatic rings. The summed E-state index contributed by atoms with van der Waals surface area (Å²) in [6.07, 6.45) is 10.7. The number of unbranched alkanes of at least 4 members (excludes halogenated alkanes) is 3. The smallest absolute Gasteiger partial charge is 0.0397 e. The third kappa shape index (κ3) is 9.62. The Labute approximate surface area is 83.6 Å². The highest BCUT2D eigenvalue weighted by atomic mass is 14.9. The molecule has 0 amide bonds. The van der Waals surface area contributed by atoms with E-state index < -0.39 is 0 Å². The summed E-state index contributed by atoms with van der Waals surface area (Å²) in [6.45, 7) is 7.63. The molecule has 13 heavy (non-hydrogen) atoms. The first-order chi connectivity index (χ1) is 6.31. The second-order valence-electron chi connectivity index (χ2n) is 3.57. The predicted molar refractivity (Wildman–Crippen MR) is 60.0 cm³/mol. The van der Waals surface area contributed by atoms with Crippen molar-refractivity contribution in [2.75, 3.05) is 6.54 Å². The molecule has 0 heterocycles. The number of allylic oxidation sites excluding steroid dienone is 1. The van der Waals surface area contributed by atoms with E-state index in [4.69, 9.17) is 0 Å². The lowest BCUT2D eigenvalue weighted by molar-refractivity contribution is 0.572. The van der Waals surface area contributed by atoms with Gasteiger partial charge in [-0.2, -0.15) is 0 Å². The largest absolute Gasteiger partial charge is 0.235 e. The molecule has 1 nitrogen and oxygen atoms in total. The van der Waals surface area contributed by atoms with Crippen LogP contribution >= 0.6 is 0 Å². The standard InChI is InChI=1S/C12H24N/c1-4-6-8-10-12(3)13-11-9-7-5-2/h8,10,12H,4-7,9,11H2,1-3H3/b10-8+. The zero-order valence-corrected chi connectivity index (χ0v) is 9.42. The highest BCUT2D eigenvalue weighted by molar-refractivity contribution is 4.89. The summed E-state index contributed by atoms with van der Waals surface area (Å²) >= 11 is 0. The van der Waals surface area contributed by atoms with Gasteiger partial charge in [-0.15, -0.1) is 0 Å². The normalized spacial score (nSPS) is 13.8. The predicted octanol–water partition coefficient (Wildman–Crippen LogP) is 3.53. The summed E-state index contributed by atoms with van der Waals surface area (Å²) in [5.74, 6) is 0. The van der Waals surface area contributed by atoms with Crippen molar-refractivity contribution in [3.05, 3.63) is 12.2 Å². The minimum Gasteiger partial charge on any atom is -0.235 e. The van der Waals surface area contributed by atoms with Crippen molar-refractivity contribution < 1.29 is 0 Å². The van der Waals surface area contributed by atoms with Gasteiger partial charge in [0.2, 0.25) is 0 Å². The fourth-order valence-electron chi connectivity index (χ4n) is 1.18. The van der Waals surface area contributed by atoms with E-state index in [1.807, 2.05) is 0 Å². The second kappa shape index (κ2) is 9.79. The molecule has 1 radical (unpaired) electrons. The maximum Gasteiger partial charge on any atom is 0.0397 e. The molecule has 1 unspecified atom stereocenters. The van der Waals surface area contributed by atoms with Crippen LogP contribution in [0.4, 0.5) is 0 Å². The van der Waals surface area contributed by atoms with Crippen LogP contribution in [0.15, 0.2) is 12.2 Å². The fourth-order valence-corrected chi connectivity index (χ4v) is 1.18. The lowest BCUT2D eigenvalue weighted by Crippen LogP contribution is -2.16. The molecule has 0 aromatic heterocycles. The molecule has 0 aliphatic carbocycles. The fraction of sp³-hybridized carbons (Fsp3) is 0.833. The Morgan fingerprint density at radius 1 is 1.15 bits per heavy atom. The maximum atomic E-state index is 4.55. The first kappa shape index (κ1) is 12.7. The molecule has 0 aliphatic heterocycles. The SMILES string of the molecule is CCC/C=C/C(C)[N]CCCCC. The van der Waals surface area contributed by atoms with E-state index in [0.29, 0.717) is 6.04 Å². The highest BCUT2D eigenvalue weighted by Gasteiger charge is 1.95. The van der Waals surface area contributed by atoms with Crippen molar-refractivity contribution >= 4 is 0 Å². The van der Waals surface area contributed by atoms with E-state index in [1.165, 1.54) is 32.1 Å². The van der Waals surface area contributed by atoms with Gasteiger partial charge in [0.05, 0.1) is 0 Å². The minimum absolute atomic E-state index is 0.420. The number of hydrogen-bond acceptors (Lipinski definition) is 0. The Balaban J connectivity index is 3.24. The Hall–Kier alpha value is -0.300. The number of rotatable bonds is 8. The van der Waals surface area contributed by atoms with Crippen molar-refractivity contribution in [2.45, 2.75) is 58.9 Å². The van der Waals surface area contributed by atoms with Gasteiger partial charge in [0.25, 0.3) is 0 Å². The van der Waals surface area contributed by atoms with Crippen molar-refractivity contribution in [3.63, 3.8) is 0 Å². The third-order valence-corrected chi connectivity index (χ3v) is 2.05. The monoisotopic (exact) mass is 182 g/mol. The molecule has 0 aliphatic rings. The summed E-state index contributed by atoms with van der Waals surface area (Å²) in [5, 5.41) is 4.55. The van der Waals surface area contributed by atoms with Crippen molar-refractivity contribution in [1.82, 2.24) is 5.32 Å². The molecule has 77 valence electrons. The Kier molecular flexibility index (Phi) is 9.56.